The second kappa shape index (κ2) is 35.5. The van der Waals surface area contributed by atoms with E-state index in [4.69, 9.17) is 34.5 Å². The number of fused-ring (bicyclic) bond motifs is 1. The summed E-state index contributed by atoms with van der Waals surface area (Å²) in [4.78, 5) is 132. The number of ketones is 2. The fraction of sp³-hybridized carbons (Fsp3) is 0.603. The predicted molar refractivity (Wildman–Crippen MR) is 311 cm³/mol. The van der Waals surface area contributed by atoms with Crippen LogP contribution in [0.2, 0.25) is 5.02 Å². The first-order valence-electron chi connectivity index (χ1n) is 28.7. The first-order chi connectivity index (χ1) is 38.8. The Labute approximate surface area is 480 Å². The van der Waals surface area contributed by atoms with E-state index in [1.165, 1.54) is 0 Å². The number of aromatic amines is 1. The Kier molecular flexibility index (Phi) is 29.5. The Morgan fingerprint density at radius 3 is 1.93 bits per heavy atom. The van der Waals surface area contributed by atoms with Crippen molar-refractivity contribution in [2.24, 2.45) is 40.7 Å². The monoisotopic (exact) mass is 1150 g/mol. The molecule has 0 radical (unpaired) electrons. The molecule has 1 aromatic heterocycles. The van der Waals surface area contributed by atoms with E-state index in [-0.39, 0.29) is 96.4 Å². The summed E-state index contributed by atoms with van der Waals surface area (Å²) >= 11 is 6.36. The number of H-pyrrole nitrogens is 1. The molecule has 23 heteroatoms. The first kappa shape index (κ1) is 67.2. The van der Waals surface area contributed by atoms with Gasteiger partial charge in [-0.3, -0.25) is 43.2 Å². The minimum Gasteiger partial charge on any atom is -0.393 e. The van der Waals surface area contributed by atoms with Gasteiger partial charge in [-0.25, -0.2) is 0 Å². The molecule has 448 valence electrons. The summed E-state index contributed by atoms with van der Waals surface area (Å²) < 4.78 is 0. The third-order valence-electron chi connectivity index (χ3n) is 14.5. The Hall–Kier alpha value is -6.30. The van der Waals surface area contributed by atoms with Crippen molar-refractivity contribution in [2.75, 3.05) is 32.7 Å². The number of carbonyl (C=O) groups excluding carboxylic acids is 9. The maximum Gasteiger partial charge on any atom is 0.243 e. The van der Waals surface area contributed by atoms with E-state index < -0.39 is 120 Å². The molecule has 0 spiro atoms. The molecular weight excluding hydrogens is 1060 g/mol. The van der Waals surface area contributed by atoms with Gasteiger partial charge in [0, 0.05) is 59.8 Å². The number of aliphatic hydroxyl groups is 1. The molecule has 4 rings (SSSR count). The average molecular weight is 1150 g/mol. The van der Waals surface area contributed by atoms with Crippen LogP contribution in [0.5, 0.6) is 0 Å². The maximum atomic E-state index is 14.7. The summed E-state index contributed by atoms with van der Waals surface area (Å²) in [5.41, 5.74) is 26.0. The van der Waals surface area contributed by atoms with Crippen LogP contribution in [-0.2, 0) is 56.0 Å². The number of nitrogens with two attached hydrogens (primary N) is 4. The highest BCUT2D eigenvalue weighted by atomic mass is 35.5. The molecule has 9 atom stereocenters. The quantitative estimate of drug-likeness (QED) is 0.0510. The van der Waals surface area contributed by atoms with Crippen molar-refractivity contribution < 1.29 is 48.3 Å². The number of aliphatic hydroxyl groups excluding tert-OH is 1. The van der Waals surface area contributed by atoms with Crippen molar-refractivity contribution in [3.63, 3.8) is 0 Å². The van der Waals surface area contributed by atoms with Gasteiger partial charge in [-0.05, 0) is 113 Å². The number of carbonyl (C=O) groups is 9. The number of benzene rings is 2. The van der Waals surface area contributed by atoms with Crippen molar-refractivity contribution in [3.8, 4) is 0 Å². The van der Waals surface area contributed by atoms with E-state index in [1.54, 1.807) is 30.5 Å². The van der Waals surface area contributed by atoms with Gasteiger partial charge in [0.05, 0.1) is 24.6 Å². The van der Waals surface area contributed by atoms with Crippen LogP contribution in [0.4, 0.5) is 0 Å². The zero-order chi connectivity index (χ0) is 59.4. The molecule has 2 aromatic carbocycles. The van der Waals surface area contributed by atoms with Crippen LogP contribution in [-0.4, -0.2) is 138 Å². The van der Waals surface area contributed by atoms with Crippen LogP contribution in [0.3, 0.4) is 0 Å². The molecule has 7 amide bonds. The molecule has 0 unspecified atom stereocenters. The molecule has 0 bridgehead atoms. The largest absolute Gasteiger partial charge is 0.393 e. The van der Waals surface area contributed by atoms with Gasteiger partial charge >= 0.3 is 0 Å². The maximum absolute atomic E-state index is 14.7. The Morgan fingerprint density at radius 1 is 0.679 bits per heavy atom. The van der Waals surface area contributed by atoms with Gasteiger partial charge in [0.15, 0.2) is 11.6 Å². The fourth-order valence-corrected chi connectivity index (χ4v) is 10.2. The standard InChI is InChI=1S/C58H89ClN12O10/c1-4-5-6-7-8-14-41(72)33-52(75)66-44(17-22-60)50(73)31-37-21-26-64-55(78)49(30-39-34-65-43-16-10-9-15-42(39)43)71-57(80)47(20-25-63)68-56(79)46(19-24-62)69-58(81)48(27-35(2)3)70-54(77)38(28-36-12-11-13-40(59)29-36)32-51(74)45(18-23-61)67-53(37)76/h9-13,15-16,29,34-35,37-38,41,44-49,65,72H,4-8,14,17-28,30-33,60-63H2,1-3H3,(H,64,78)(H,66,75)(H,67,76)(H,68,79)(H,69,81)(H,70,77)(H,71,80)/t37-,38+,41-,44-,45+,46+,47+,48+,49+/m1/s1. The molecule has 1 aliphatic rings. The van der Waals surface area contributed by atoms with Crippen molar-refractivity contribution >= 4 is 75.4 Å². The third-order valence-corrected chi connectivity index (χ3v) is 14.7. The number of amides is 7. The topological polar surface area (TPSA) is 378 Å². The second-order valence-corrected chi connectivity index (χ2v) is 22.1. The summed E-state index contributed by atoms with van der Waals surface area (Å²) in [5, 5.41) is 31.1. The van der Waals surface area contributed by atoms with Gasteiger partial charge in [-0.1, -0.05) is 94.8 Å². The highest BCUT2D eigenvalue weighted by Crippen LogP contribution is 2.23. The van der Waals surface area contributed by atoms with Gasteiger partial charge in [0.1, 0.15) is 24.2 Å². The van der Waals surface area contributed by atoms with E-state index >= 15 is 0 Å². The summed E-state index contributed by atoms with van der Waals surface area (Å²) in [7, 11) is 0. The lowest BCUT2D eigenvalue weighted by Crippen LogP contribution is -2.59. The SMILES string of the molecule is CCCCCCC[C@@H](O)CC(=O)N[C@H](CCN)C(=O)C[C@H]1CCNC(=O)[C@H](Cc2c[nH]c3ccccc23)NC(=O)[C@H](CCN)NC(=O)[C@H](CCN)NC(=O)[C@H](CC(C)C)NC(=O)[C@@H](Cc2cccc(Cl)c2)CC(=O)[C@H](CCN)NC1=O. The highest BCUT2D eigenvalue weighted by molar-refractivity contribution is 6.30. The lowest BCUT2D eigenvalue weighted by atomic mass is 9.89. The molecule has 1 aliphatic heterocycles. The molecule has 17 N–H and O–H groups in total. The number of aromatic nitrogens is 1. The smallest absolute Gasteiger partial charge is 0.243 e. The number of hydrogen-bond acceptors (Lipinski definition) is 14. The van der Waals surface area contributed by atoms with Crippen LogP contribution in [0.1, 0.15) is 128 Å². The number of unbranched alkanes of at least 4 members (excludes halogenated alkanes) is 4. The van der Waals surface area contributed by atoms with Gasteiger partial charge in [0.25, 0.3) is 0 Å². The zero-order valence-corrected chi connectivity index (χ0v) is 48.1. The number of halogens is 1. The first-order valence-corrected chi connectivity index (χ1v) is 29.1. The molecule has 22 nitrogen and oxygen atoms in total. The number of Topliss-reactive ketones (excluding diaryl/α,β-unsaturated/α-hetero) is 2. The normalized spacial score (nSPS) is 22.2. The van der Waals surface area contributed by atoms with E-state index in [9.17, 15) is 48.3 Å². The number of hydrogen-bond donors (Lipinski definition) is 13. The summed E-state index contributed by atoms with van der Waals surface area (Å²) in [6.07, 6.45) is 4.36. The highest BCUT2D eigenvalue weighted by Gasteiger charge is 2.36. The van der Waals surface area contributed by atoms with E-state index in [1.807, 2.05) is 38.1 Å². The van der Waals surface area contributed by atoms with E-state index in [0.717, 1.165) is 43.0 Å². The van der Waals surface area contributed by atoms with Crippen molar-refractivity contribution in [1.82, 2.24) is 42.2 Å². The van der Waals surface area contributed by atoms with Gasteiger partial charge in [-0.2, -0.15) is 0 Å². The number of rotatable bonds is 26. The minimum absolute atomic E-state index is 0.00129. The lowest BCUT2D eigenvalue weighted by Gasteiger charge is -2.28. The van der Waals surface area contributed by atoms with Gasteiger partial charge < -0.3 is 70.2 Å². The molecular formula is C58H89ClN12O10. The molecule has 0 aliphatic carbocycles. The Morgan fingerprint density at radius 2 is 1.28 bits per heavy atom. The van der Waals surface area contributed by atoms with Crippen LogP contribution in [0.25, 0.3) is 10.9 Å². The van der Waals surface area contributed by atoms with Crippen molar-refractivity contribution in [3.05, 3.63) is 70.9 Å². The van der Waals surface area contributed by atoms with Crippen molar-refractivity contribution in [1.29, 1.82) is 0 Å². The summed E-state index contributed by atoms with van der Waals surface area (Å²) in [6, 6.07) is 6.49. The second-order valence-electron chi connectivity index (χ2n) is 21.6. The van der Waals surface area contributed by atoms with Gasteiger partial charge in [0.2, 0.25) is 41.4 Å². The molecule has 1 saturated heterocycles. The zero-order valence-electron chi connectivity index (χ0n) is 47.3. The molecule has 81 heavy (non-hydrogen) atoms. The lowest BCUT2D eigenvalue weighted by molar-refractivity contribution is -0.136. The predicted octanol–water partition coefficient (Wildman–Crippen LogP) is 1.74. The van der Waals surface area contributed by atoms with Gasteiger partial charge in [-0.15, -0.1) is 0 Å². The van der Waals surface area contributed by atoms with E-state index in [2.05, 4.69) is 49.1 Å². The van der Waals surface area contributed by atoms with Crippen LogP contribution >= 0.6 is 11.6 Å². The van der Waals surface area contributed by atoms with Crippen LogP contribution < -0.4 is 60.2 Å². The summed E-state index contributed by atoms with van der Waals surface area (Å²) in [6.45, 7) is 5.30. The molecule has 1 fully saturated rings. The molecule has 3 aromatic rings. The minimum atomic E-state index is -1.31. The third kappa shape index (κ3) is 22.9. The van der Waals surface area contributed by atoms with Crippen LogP contribution in [0, 0.1) is 17.8 Å². The van der Waals surface area contributed by atoms with Crippen LogP contribution in [0.15, 0.2) is 54.7 Å². The average Bonchev–Trinajstić information content (AvgIpc) is 3.83. The van der Waals surface area contributed by atoms with E-state index in [0.29, 0.717) is 22.6 Å². The summed E-state index contributed by atoms with van der Waals surface area (Å²) in [5.74, 6) is -8.70. The number of para-hydroxylation sites is 1. The Bertz CT molecular complexity index is 2550. The van der Waals surface area contributed by atoms with Crippen molar-refractivity contribution in [2.45, 2.75) is 172 Å². The molecule has 2 heterocycles. The molecule has 0 saturated carbocycles. The Balaban J connectivity index is 1.78. The number of nitrogens with one attached hydrogen (secondary N) is 8. The fourth-order valence-electron chi connectivity index (χ4n) is 10.0.